The molecule has 4 aromatic rings. The van der Waals surface area contributed by atoms with Crippen LogP contribution in [0.25, 0.3) is 5.76 Å². The third-order valence-corrected chi connectivity index (χ3v) is 8.97. The van der Waals surface area contributed by atoms with Crippen LogP contribution in [-0.2, 0) is 15.3 Å². The quantitative estimate of drug-likeness (QED) is 0.0821. The number of hydrogen-bond acceptors (Lipinski definition) is 10. The number of benzene rings is 2. The summed E-state index contributed by atoms with van der Waals surface area (Å²) in [6.07, 6.45) is 2.93. The van der Waals surface area contributed by atoms with Gasteiger partial charge in [-0.3, -0.25) is 19.5 Å². The van der Waals surface area contributed by atoms with Gasteiger partial charge in [0.25, 0.3) is 5.78 Å². The summed E-state index contributed by atoms with van der Waals surface area (Å²) in [7, 11) is 1.38. The van der Waals surface area contributed by atoms with Crippen LogP contribution in [0.2, 0.25) is 5.02 Å². The van der Waals surface area contributed by atoms with Gasteiger partial charge in [0, 0.05) is 28.7 Å². The van der Waals surface area contributed by atoms with Crippen molar-refractivity contribution >= 4 is 73.2 Å². The topological polar surface area (TPSA) is 126 Å². The highest BCUT2D eigenvalue weighted by atomic mass is 79.9. The number of carbonyl (C=O) groups is 2. The van der Waals surface area contributed by atoms with Crippen LogP contribution < -0.4 is 9.64 Å². The molecule has 2 aromatic heterocycles. The number of thioether (sulfide) groups is 1. The summed E-state index contributed by atoms with van der Waals surface area (Å²) in [4.78, 5) is 31.9. The number of halogens is 2. The van der Waals surface area contributed by atoms with Crippen LogP contribution in [0.4, 0.5) is 5.13 Å². The first kappa shape index (κ1) is 27.1. The third kappa shape index (κ3) is 5.24. The van der Waals surface area contributed by atoms with Crippen molar-refractivity contribution in [2.45, 2.75) is 16.1 Å². The summed E-state index contributed by atoms with van der Waals surface area (Å²) < 4.78 is 6.13. The largest absolute Gasteiger partial charge is 0.507 e. The standard InChI is InChI=1S/C26H18BrClN4O5S2/c1-37-18-11-15(10-16(27)22(18)34)20-19(21(33)13-6-8-29-9-7-13)23(35)24(36)32(20)25-30-31-26(39-25)38-12-14-4-2-3-5-17(14)28/h2-11,20,33-34H,12H2,1H3. The third-order valence-electron chi connectivity index (χ3n) is 5.90. The van der Waals surface area contributed by atoms with Crippen molar-refractivity contribution in [1.82, 2.24) is 15.2 Å². The lowest BCUT2D eigenvalue weighted by atomic mass is 9.95. The molecule has 0 radical (unpaired) electrons. The van der Waals surface area contributed by atoms with Gasteiger partial charge in [0.05, 0.1) is 23.2 Å². The molecule has 1 saturated heterocycles. The van der Waals surface area contributed by atoms with E-state index in [4.69, 9.17) is 16.3 Å². The number of ketones is 1. The minimum Gasteiger partial charge on any atom is -0.507 e. The summed E-state index contributed by atoms with van der Waals surface area (Å²) in [6, 6.07) is 12.5. The van der Waals surface area contributed by atoms with Crippen LogP contribution in [-0.4, -0.2) is 44.2 Å². The van der Waals surface area contributed by atoms with E-state index in [0.29, 0.717) is 26.2 Å². The van der Waals surface area contributed by atoms with Crippen molar-refractivity contribution in [3.63, 3.8) is 0 Å². The van der Waals surface area contributed by atoms with Gasteiger partial charge in [-0.15, -0.1) is 10.2 Å². The molecule has 2 N–H and O–H groups in total. The maximum Gasteiger partial charge on any atom is 0.301 e. The summed E-state index contributed by atoms with van der Waals surface area (Å²) in [5, 5.41) is 30.8. The van der Waals surface area contributed by atoms with Gasteiger partial charge in [0.2, 0.25) is 5.13 Å². The number of aliphatic hydroxyl groups is 1. The maximum atomic E-state index is 13.4. The Morgan fingerprint density at radius 1 is 1.18 bits per heavy atom. The summed E-state index contributed by atoms with van der Waals surface area (Å²) in [6.45, 7) is 0. The molecule has 1 fully saturated rings. The molecule has 1 atom stereocenters. The Morgan fingerprint density at radius 2 is 1.92 bits per heavy atom. The molecule has 0 spiro atoms. The second kappa shape index (κ2) is 11.3. The van der Waals surface area contributed by atoms with Crippen LogP contribution in [0.1, 0.15) is 22.7 Å². The SMILES string of the molecule is COc1cc(C2C(=C(O)c3ccncc3)C(=O)C(=O)N2c2nnc(SCc3ccccc3Cl)s2)cc(Br)c1O. The Labute approximate surface area is 244 Å². The molecular weight excluding hydrogens is 628 g/mol. The van der Waals surface area contributed by atoms with Gasteiger partial charge >= 0.3 is 5.91 Å². The Hall–Kier alpha value is -3.45. The number of pyridine rings is 1. The Kier molecular flexibility index (Phi) is 7.89. The number of nitrogens with zero attached hydrogens (tertiary/aromatic N) is 4. The first-order valence-electron chi connectivity index (χ1n) is 11.3. The van der Waals surface area contributed by atoms with Gasteiger partial charge in [0.15, 0.2) is 15.8 Å². The summed E-state index contributed by atoms with van der Waals surface area (Å²) in [5.41, 5.74) is 1.48. The van der Waals surface area contributed by atoms with E-state index in [1.54, 1.807) is 12.1 Å². The van der Waals surface area contributed by atoms with Crippen LogP contribution in [0, 0.1) is 0 Å². The van der Waals surface area contributed by atoms with E-state index in [1.807, 2.05) is 18.2 Å². The van der Waals surface area contributed by atoms with E-state index >= 15 is 0 Å². The highest BCUT2D eigenvalue weighted by molar-refractivity contribution is 9.10. The fourth-order valence-corrected chi connectivity index (χ4v) is 6.64. The van der Waals surface area contributed by atoms with Crippen molar-refractivity contribution in [2.24, 2.45) is 0 Å². The van der Waals surface area contributed by atoms with Crippen LogP contribution >= 0.6 is 50.6 Å². The fourth-order valence-electron chi connectivity index (χ4n) is 4.03. The predicted octanol–water partition coefficient (Wildman–Crippen LogP) is 5.98. The molecule has 0 bridgehead atoms. The normalized spacial score (nSPS) is 16.6. The Balaban J connectivity index is 1.59. The second-order valence-electron chi connectivity index (χ2n) is 8.19. The number of Topliss-reactive ketones (excluding diaryl/α,β-unsaturated/α-hetero) is 1. The van der Waals surface area contributed by atoms with Crippen molar-refractivity contribution in [1.29, 1.82) is 0 Å². The molecule has 39 heavy (non-hydrogen) atoms. The molecule has 1 unspecified atom stereocenters. The van der Waals surface area contributed by atoms with Gasteiger partial charge in [0.1, 0.15) is 5.76 Å². The number of carbonyl (C=O) groups excluding carboxylic acids is 2. The lowest BCUT2D eigenvalue weighted by Gasteiger charge is -2.23. The number of rotatable bonds is 7. The van der Waals surface area contributed by atoms with Crippen molar-refractivity contribution < 1.29 is 24.5 Å². The second-order valence-corrected chi connectivity index (χ2v) is 11.6. The average Bonchev–Trinajstić information content (AvgIpc) is 3.51. The number of aromatic hydroxyl groups is 1. The molecule has 1 amide bonds. The number of phenolic OH excluding ortho intramolecular Hbond substituents is 1. The lowest BCUT2D eigenvalue weighted by Crippen LogP contribution is -2.29. The molecule has 5 rings (SSSR count). The number of phenols is 1. The average molecular weight is 646 g/mol. The summed E-state index contributed by atoms with van der Waals surface area (Å²) in [5.74, 6) is -1.65. The van der Waals surface area contributed by atoms with Crippen molar-refractivity contribution in [3.8, 4) is 11.5 Å². The zero-order valence-corrected chi connectivity index (χ0v) is 24.0. The van der Waals surface area contributed by atoms with E-state index in [0.717, 1.165) is 16.9 Å². The minimum absolute atomic E-state index is 0.113. The zero-order chi connectivity index (χ0) is 27.7. The van der Waals surface area contributed by atoms with Crippen LogP contribution in [0.5, 0.6) is 11.5 Å². The number of hydrogen-bond donors (Lipinski definition) is 2. The number of methoxy groups -OCH3 is 1. The smallest absolute Gasteiger partial charge is 0.301 e. The lowest BCUT2D eigenvalue weighted by molar-refractivity contribution is -0.132. The molecule has 13 heteroatoms. The molecule has 198 valence electrons. The molecule has 0 saturated carbocycles. The van der Waals surface area contributed by atoms with E-state index in [-0.39, 0.29) is 32.4 Å². The molecule has 9 nitrogen and oxygen atoms in total. The highest BCUT2D eigenvalue weighted by Gasteiger charge is 2.48. The Bertz CT molecular complexity index is 1620. The number of aliphatic hydroxyl groups excluding tert-OH is 1. The number of aromatic nitrogens is 3. The Morgan fingerprint density at radius 3 is 2.64 bits per heavy atom. The number of amides is 1. The number of ether oxygens (including phenoxy) is 1. The zero-order valence-electron chi connectivity index (χ0n) is 20.0. The molecule has 3 heterocycles. The van der Waals surface area contributed by atoms with Crippen molar-refractivity contribution in [3.05, 3.63) is 92.7 Å². The molecular formula is C26H18BrClN4O5S2. The van der Waals surface area contributed by atoms with Crippen LogP contribution in [0.3, 0.4) is 0 Å². The van der Waals surface area contributed by atoms with Crippen LogP contribution in [0.15, 0.2) is 75.3 Å². The fraction of sp³-hybridized carbons (Fsp3) is 0.115. The van der Waals surface area contributed by atoms with E-state index < -0.39 is 17.7 Å². The highest BCUT2D eigenvalue weighted by Crippen LogP contribution is 2.47. The van der Waals surface area contributed by atoms with Gasteiger partial charge in [-0.25, -0.2) is 0 Å². The predicted molar refractivity (Wildman–Crippen MR) is 152 cm³/mol. The molecule has 1 aliphatic rings. The van der Waals surface area contributed by atoms with Gasteiger partial charge in [-0.05, 0) is 57.4 Å². The van der Waals surface area contributed by atoms with E-state index in [2.05, 4.69) is 31.1 Å². The minimum atomic E-state index is -1.08. The first-order chi connectivity index (χ1) is 18.8. The number of anilines is 1. The first-order valence-corrected chi connectivity index (χ1v) is 14.2. The molecule has 0 aliphatic carbocycles. The van der Waals surface area contributed by atoms with Crippen molar-refractivity contribution in [2.75, 3.05) is 12.0 Å². The monoisotopic (exact) mass is 644 g/mol. The summed E-state index contributed by atoms with van der Waals surface area (Å²) >= 11 is 12.1. The van der Waals surface area contributed by atoms with Gasteiger partial charge in [-0.2, -0.15) is 0 Å². The van der Waals surface area contributed by atoms with E-state index in [1.165, 1.54) is 54.4 Å². The maximum absolute atomic E-state index is 13.4. The van der Waals surface area contributed by atoms with E-state index in [9.17, 15) is 19.8 Å². The molecule has 1 aliphatic heterocycles. The van der Waals surface area contributed by atoms with Gasteiger partial charge < -0.3 is 14.9 Å². The van der Waals surface area contributed by atoms with Gasteiger partial charge in [-0.1, -0.05) is 52.9 Å². The molecule has 2 aromatic carbocycles.